The number of methoxy groups -OCH3 is 1. The minimum absolute atomic E-state index is 0.594. The van der Waals surface area contributed by atoms with Crippen LogP contribution in [0.25, 0.3) is 11.3 Å². The van der Waals surface area contributed by atoms with E-state index in [-0.39, 0.29) is 0 Å². The van der Waals surface area contributed by atoms with Crippen LogP contribution in [0.3, 0.4) is 0 Å². The number of halogens is 1. The number of benzene rings is 1. The van der Waals surface area contributed by atoms with E-state index in [2.05, 4.69) is 32.0 Å². The van der Waals surface area contributed by atoms with Crippen molar-refractivity contribution in [2.45, 2.75) is 13.8 Å². The van der Waals surface area contributed by atoms with Crippen LogP contribution in [-0.4, -0.2) is 17.1 Å². The van der Waals surface area contributed by atoms with Crippen LogP contribution in [0.5, 0.6) is 5.75 Å². The van der Waals surface area contributed by atoms with E-state index in [0.717, 1.165) is 22.7 Å². The summed E-state index contributed by atoms with van der Waals surface area (Å²) >= 11 is 3.31. The molecule has 0 radical (unpaired) electrons. The molecular formula is C13H13BrN2O. The summed E-state index contributed by atoms with van der Waals surface area (Å²) in [4.78, 5) is 8.58. The van der Waals surface area contributed by atoms with Gasteiger partial charge in [-0.05, 0) is 48.0 Å². The summed E-state index contributed by atoms with van der Waals surface area (Å²) in [7, 11) is 1.66. The third-order valence-corrected chi connectivity index (χ3v) is 2.81. The summed E-state index contributed by atoms with van der Waals surface area (Å²) < 4.78 is 5.95. The second-order valence-electron chi connectivity index (χ2n) is 3.87. The minimum Gasteiger partial charge on any atom is -0.496 e. The van der Waals surface area contributed by atoms with E-state index in [1.807, 2.05) is 32.0 Å². The van der Waals surface area contributed by atoms with Gasteiger partial charge in [0.05, 0.1) is 12.8 Å². The first kappa shape index (κ1) is 12.0. The molecule has 1 heterocycles. The molecular weight excluding hydrogens is 280 g/mol. The van der Waals surface area contributed by atoms with Crippen molar-refractivity contribution in [2.75, 3.05) is 7.11 Å². The van der Waals surface area contributed by atoms with Gasteiger partial charge in [-0.2, -0.15) is 0 Å². The van der Waals surface area contributed by atoms with Gasteiger partial charge in [-0.15, -0.1) is 0 Å². The van der Waals surface area contributed by atoms with Crippen LogP contribution in [0.4, 0.5) is 0 Å². The van der Waals surface area contributed by atoms with Gasteiger partial charge in [0, 0.05) is 11.3 Å². The Balaban J connectivity index is 2.62. The summed E-state index contributed by atoms with van der Waals surface area (Å²) in [6, 6.07) is 7.98. The largest absolute Gasteiger partial charge is 0.496 e. The molecule has 0 amide bonds. The van der Waals surface area contributed by atoms with E-state index < -0.39 is 0 Å². The summed E-state index contributed by atoms with van der Waals surface area (Å²) in [5.74, 6) is 0.820. The molecule has 88 valence electrons. The fraction of sp³-hybridized carbons (Fsp3) is 0.231. The van der Waals surface area contributed by atoms with Crippen LogP contribution < -0.4 is 4.74 Å². The molecule has 0 N–H and O–H groups in total. The zero-order valence-electron chi connectivity index (χ0n) is 9.99. The van der Waals surface area contributed by atoms with Crippen LogP contribution in [-0.2, 0) is 0 Å². The molecule has 3 nitrogen and oxygen atoms in total. The van der Waals surface area contributed by atoms with E-state index in [1.165, 1.54) is 5.56 Å². The first-order valence-electron chi connectivity index (χ1n) is 5.26. The fourth-order valence-electron chi connectivity index (χ4n) is 1.69. The monoisotopic (exact) mass is 292 g/mol. The van der Waals surface area contributed by atoms with Crippen molar-refractivity contribution in [3.05, 3.63) is 40.3 Å². The molecule has 4 heteroatoms. The van der Waals surface area contributed by atoms with Crippen molar-refractivity contribution >= 4 is 15.9 Å². The van der Waals surface area contributed by atoms with Gasteiger partial charge >= 0.3 is 0 Å². The van der Waals surface area contributed by atoms with Crippen molar-refractivity contribution < 1.29 is 4.74 Å². The number of hydrogen-bond donors (Lipinski definition) is 0. The minimum atomic E-state index is 0.594. The van der Waals surface area contributed by atoms with Gasteiger partial charge in [-0.1, -0.05) is 11.6 Å². The maximum absolute atomic E-state index is 5.36. The Kier molecular flexibility index (Phi) is 3.43. The average Bonchev–Trinajstić information content (AvgIpc) is 2.27. The van der Waals surface area contributed by atoms with Gasteiger partial charge in [0.25, 0.3) is 0 Å². The smallest absolute Gasteiger partial charge is 0.197 e. The molecule has 0 aliphatic heterocycles. The standard InChI is InChI=1S/C13H13BrN2O/c1-8-4-5-12(17-3)10(6-8)11-7-9(2)15-13(14)16-11/h4-7H,1-3H3. The molecule has 2 rings (SSSR count). The highest BCUT2D eigenvalue weighted by Gasteiger charge is 2.09. The molecule has 1 aromatic carbocycles. The first-order chi connectivity index (χ1) is 8.10. The molecule has 0 unspecified atom stereocenters. The predicted octanol–water partition coefficient (Wildman–Crippen LogP) is 3.53. The van der Waals surface area contributed by atoms with E-state index in [0.29, 0.717) is 4.73 Å². The number of aromatic nitrogens is 2. The highest BCUT2D eigenvalue weighted by molar-refractivity contribution is 9.10. The van der Waals surface area contributed by atoms with Gasteiger partial charge in [0.1, 0.15) is 5.75 Å². The summed E-state index contributed by atoms with van der Waals surface area (Å²) in [6.45, 7) is 3.99. The van der Waals surface area contributed by atoms with E-state index in [4.69, 9.17) is 4.74 Å². The molecule has 0 atom stereocenters. The molecule has 17 heavy (non-hydrogen) atoms. The Bertz CT molecular complexity index is 535. The Morgan fingerprint density at radius 1 is 1.12 bits per heavy atom. The number of nitrogens with zero attached hydrogens (tertiary/aromatic N) is 2. The van der Waals surface area contributed by atoms with Crippen molar-refractivity contribution in [2.24, 2.45) is 0 Å². The normalized spacial score (nSPS) is 10.4. The molecule has 0 aliphatic carbocycles. The summed E-state index contributed by atoms with van der Waals surface area (Å²) in [5, 5.41) is 0. The summed E-state index contributed by atoms with van der Waals surface area (Å²) in [5.41, 5.74) is 3.95. The van der Waals surface area contributed by atoms with Gasteiger partial charge in [0.15, 0.2) is 4.73 Å². The third kappa shape index (κ3) is 2.64. The SMILES string of the molecule is COc1ccc(C)cc1-c1cc(C)nc(Br)n1. The van der Waals surface area contributed by atoms with E-state index >= 15 is 0 Å². The molecule has 0 aliphatic rings. The quantitative estimate of drug-likeness (QED) is 0.794. The lowest BCUT2D eigenvalue weighted by Gasteiger charge is -2.09. The fourth-order valence-corrected chi connectivity index (χ4v) is 2.16. The Morgan fingerprint density at radius 2 is 1.88 bits per heavy atom. The van der Waals surface area contributed by atoms with Crippen LogP contribution >= 0.6 is 15.9 Å². The van der Waals surface area contributed by atoms with Crippen LogP contribution in [0.1, 0.15) is 11.3 Å². The van der Waals surface area contributed by atoms with Crippen molar-refractivity contribution in [1.82, 2.24) is 9.97 Å². The van der Waals surface area contributed by atoms with Gasteiger partial charge < -0.3 is 4.74 Å². The second-order valence-corrected chi connectivity index (χ2v) is 4.58. The predicted molar refractivity (Wildman–Crippen MR) is 71.2 cm³/mol. The average molecular weight is 293 g/mol. The highest BCUT2D eigenvalue weighted by atomic mass is 79.9. The molecule has 0 saturated carbocycles. The maximum atomic E-state index is 5.36. The van der Waals surface area contributed by atoms with Crippen molar-refractivity contribution in [3.8, 4) is 17.0 Å². The zero-order valence-corrected chi connectivity index (χ0v) is 11.6. The van der Waals surface area contributed by atoms with Crippen molar-refractivity contribution in [1.29, 1.82) is 0 Å². The van der Waals surface area contributed by atoms with Gasteiger partial charge in [-0.3, -0.25) is 0 Å². The lowest BCUT2D eigenvalue weighted by molar-refractivity contribution is 0.416. The molecule has 0 spiro atoms. The zero-order chi connectivity index (χ0) is 12.4. The number of rotatable bonds is 2. The maximum Gasteiger partial charge on any atom is 0.197 e. The van der Waals surface area contributed by atoms with Crippen LogP contribution in [0, 0.1) is 13.8 Å². The Labute approximate surface area is 109 Å². The van der Waals surface area contributed by atoms with Crippen molar-refractivity contribution in [3.63, 3.8) is 0 Å². The molecule has 0 bridgehead atoms. The van der Waals surface area contributed by atoms with Crippen LogP contribution in [0.2, 0.25) is 0 Å². The van der Waals surface area contributed by atoms with Gasteiger partial charge in [-0.25, -0.2) is 9.97 Å². The Hall–Kier alpha value is -1.42. The van der Waals surface area contributed by atoms with Gasteiger partial charge in [0.2, 0.25) is 0 Å². The number of hydrogen-bond acceptors (Lipinski definition) is 3. The second kappa shape index (κ2) is 4.84. The van der Waals surface area contributed by atoms with E-state index in [1.54, 1.807) is 7.11 Å². The Morgan fingerprint density at radius 3 is 2.53 bits per heavy atom. The molecule has 2 aromatic rings. The first-order valence-corrected chi connectivity index (χ1v) is 6.05. The molecule has 0 saturated heterocycles. The number of aryl methyl sites for hydroxylation is 2. The lowest BCUT2D eigenvalue weighted by Crippen LogP contribution is -1.94. The van der Waals surface area contributed by atoms with Crippen LogP contribution in [0.15, 0.2) is 29.0 Å². The molecule has 0 fully saturated rings. The summed E-state index contributed by atoms with van der Waals surface area (Å²) in [6.07, 6.45) is 0. The molecule has 1 aromatic heterocycles. The number of ether oxygens (including phenoxy) is 1. The third-order valence-electron chi connectivity index (χ3n) is 2.46. The lowest BCUT2D eigenvalue weighted by atomic mass is 10.1. The highest BCUT2D eigenvalue weighted by Crippen LogP contribution is 2.30. The van der Waals surface area contributed by atoms with E-state index in [9.17, 15) is 0 Å². The topological polar surface area (TPSA) is 35.0 Å².